The molecule has 0 fully saturated rings. The number of amides is 2. The fourth-order valence-corrected chi connectivity index (χ4v) is 3.51. The third kappa shape index (κ3) is 3.10. The number of nitrogens with one attached hydrogen (secondary N) is 1. The zero-order valence-corrected chi connectivity index (χ0v) is 16.3. The summed E-state index contributed by atoms with van der Waals surface area (Å²) in [4.78, 5) is 25.1. The van der Waals surface area contributed by atoms with Crippen LogP contribution in [0.4, 0.5) is 14.5 Å². The minimum Gasteiger partial charge on any atom is -0.359 e. The predicted molar refractivity (Wildman–Crippen MR) is 102 cm³/mol. The third-order valence-corrected chi connectivity index (χ3v) is 5.42. The highest BCUT2D eigenvalue weighted by atomic mass is 35.5. The molecule has 9 heteroatoms. The van der Waals surface area contributed by atoms with Crippen LogP contribution in [-0.4, -0.2) is 24.1 Å². The summed E-state index contributed by atoms with van der Waals surface area (Å²) in [6.07, 6.45) is -0.299. The standard InChI is InChI=1S/C19H14Cl2F2N2O3/c1-9-12(8-17(26)24-2)18-15(23)6-11(22)7-16(18)25(9,28)19(27)10-3-4-13(20)14(21)5-10/h3-7,28H,8H2,1-2H3/p+1. The van der Waals surface area contributed by atoms with Crippen molar-refractivity contribution in [3.63, 3.8) is 0 Å². The Bertz CT molecular complexity index is 1060. The highest BCUT2D eigenvalue weighted by Gasteiger charge is 2.52. The quantitative estimate of drug-likeness (QED) is 0.551. The number of benzene rings is 2. The van der Waals surface area contributed by atoms with E-state index >= 15 is 0 Å². The van der Waals surface area contributed by atoms with Gasteiger partial charge in [-0.15, -0.1) is 0 Å². The first-order chi connectivity index (χ1) is 13.1. The third-order valence-electron chi connectivity index (χ3n) is 4.68. The molecule has 146 valence electrons. The van der Waals surface area contributed by atoms with Crippen LogP contribution in [0.2, 0.25) is 10.0 Å². The van der Waals surface area contributed by atoms with Gasteiger partial charge in [0, 0.05) is 31.7 Å². The number of quaternary nitrogens is 1. The lowest BCUT2D eigenvalue weighted by molar-refractivity contribution is -0.119. The molecule has 0 saturated carbocycles. The first-order valence-electron chi connectivity index (χ1n) is 8.13. The molecule has 2 amide bonds. The van der Waals surface area contributed by atoms with Crippen LogP contribution in [0.5, 0.6) is 0 Å². The van der Waals surface area contributed by atoms with Crippen LogP contribution in [0.15, 0.2) is 36.0 Å². The highest BCUT2D eigenvalue weighted by Crippen LogP contribution is 2.48. The summed E-state index contributed by atoms with van der Waals surface area (Å²) in [5.41, 5.74) is -0.432. The number of carbonyl (C=O) groups excluding carboxylic acids is 2. The van der Waals surface area contributed by atoms with Gasteiger partial charge in [-0.1, -0.05) is 27.8 Å². The van der Waals surface area contributed by atoms with Crippen molar-refractivity contribution in [2.24, 2.45) is 0 Å². The number of allylic oxidation sites excluding steroid dienone is 1. The molecule has 2 aromatic rings. The number of carbonyl (C=O) groups is 2. The lowest BCUT2D eigenvalue weighted by atomic mass is 10.0. The topological polar surface area (TPSA) is 66.4 Å². The summed E-state index contributed by atoms with van der Waals surface area (Å²) in [5.74, 6) is -3.30. The Morgan fingerprint density at radius 2 is 1.82 bits per heavy atom. The minimum absolute atomic E-state index is 0.0147. The summed E-state index contributed by atoms with van der Waals surface area (Å²) in [5, 5.41) is 14.0. The molecule has 5 nitrogen and oxygen atoms in total. The number of nitrogens with zero attached hydrogens (tertiary/aromatic N) is 1. The van der Waals surface area contributed by atoms with Crippen LogP contribution in [0.25, 0.3) is 5.57 Å². The molecule has 2 aromatic carbocycles. The maximum Gasteiger partial charge on any atom is 0.388 e. The number of hydroxylamine groups is 2. The number of rotatable bonds is 3. The van der Waals surface area contributed by atoms with Gasteiger partial charge in [0.25, 0.3) is 0 Å². The second kappa shape index (κ2) is 7.25. The maximum atomic E-state index is 14.6. The number of halogens is 4. The van der Waals surface area contributed by atoms with Gasteiger partial charge in [0.05, 0.1) is 27.6 Å². The first-order valence-corrected chi connectivity index (χ1v) is 8.89. The molecule has 2 N–H and O–H groups in total. The molecule has 0 bridgehead atoms. The van der Waals surface area contributed by atoms with Crippen LogP contribution in [0.1, 0.15) is 29.3 Å². The van der Waals surface area contributed by atoms with Crippen molar-refractivity contribution >= 4 is 46.3 Å². The molecular weight excluding hydrogens is 413 g/mol. The highest BCUT2D eigenvalue weighted by molar-refractivity contribution is 6.42. The van der Waals surface area contributed by atoms with E-state index in [4.69, 9.17) is 23.2 Å². The Kier molecular flexibility index (Phi) is 5.29. The maximum absolute atomic E-state index is 14.6. The average molecular weight is 428 g/mol. The second-order valence-corrected chi connectivity index (χ2v) is 7.08. The second-order valence-electron chi connectivity index (χ2n) is 6.27. The number of hydrogen-bond donors (Lipinski definition) is 2. The summed E-state index contributed by atoms with van der Waals surface area (Å²) in [7, 11) is 1.40. The summed E-state index contributed by atoms with van der Waals surface area (Å²) >= 11 is 11.8. The average Bonchev–Trinajstić information content (AvgIpc) is 2.86. The zero-order valence-electron chi connectivity index (χ0n) is 14.8. The zero-order chi connectivity index (χ0) is 20.8. The summed E-state index contributed by atoms with van der Waals surface area (Å²) < 4.78 is 27.0. The molecule has 1 aliphatic heterocycles. The van der Waals surface area contributed by atoms with E-state index < -0.39 is 28.1 Å². The Hall–Kier alpha value is -2.32. The van der Waals surface area contributed by atoms with E-state index in [1.165, 1.54) is 32.2 Å². The van der Waals surface area contributed by atoms with Gasteiger partial charge < -0.3 is 5.32 Å². The van der Waals surface area contributed by atoms with Crippen LogP contribution < -0.4 is 9.96 Å². The molecular formula is C19H15Cl2F2N2O3+. The fraction of sp³-hybridized carbons (Fsp3) is 0.158. The summed E-state index contributed by atoms with van der Waals surface area (Å²) in [6, 6.07) is 5.47. The van der Waals surface area contributed by atoms with Crippen molar-refractivity contribution in [2.75, 3.05) is 7.05 Å². The van der Waals surface area contributed by atoms with Crippen molar-refractivity contribution in [1.29, 1.82) is 0 Å². The van der Waals surface area contributed by atoms with Crippen molar-refractivity contribution in [1.82, 2.24) is 9.96 Å². The number of fused-ring (bicyclic) bond motifs is 1. The van der Waals surface area contributed by atoms with Gasteiger partial charge in [-0.2, -0.15) is 5.21 Å². The van der Waals surface area contributed by atoms with Gasteiger partial charge in [0.2, 0.25) is 5.91 Å². The summed E-state index contributed by atoms with van der Waals surface area (Å²) in [6.45, 7) is 1.38. The largest absolute Gasteiger partial charge is 0.388 e. The molecule has 0 aromatic heterocycles. The Labute approximate surface area is 169 Å². The molecule has 1 aliphatic rings. The van der Waals surface area contributed by atoms with E-state index in [0.717, 1.165) is 6.07 Å². The molecule has 0 aliphatic carbocycles. The van der Waals surface area contributed by atoms with Crippen molar-refractivity contribution in [3.05, 3.63) is 68.8 Å². The van der Waals surface area contributed by atoms with Crippen LogP contribution in [0, 0.1) is 11.6 Å². The van der Waals surface area contributed by atoms with Crippen molar-refractivity contribution in [3.8, 4) is 0 Å². The lowest BCUT2D eigenvalue weighted by Gasteiger charge is -2.24. The van der Waals surface area contributed by atoms with E-state index in [2.05, 4.69) is 5.32 Å². The van der Waals surface area contributed by atoms with Gasteiger partial charge in [0.1, 0.15) is 11.6 Å². The van der Waals surface area contributed by atoms with Gasteiger partial charge in [0.15, 0.2) is 11.4 Å². The molecule has 1 atom stereocenters. The molecule has 28 heavy (non-hydrogen) atoms. The molecule has 1 heterocycles. The van der Waals surface area contributed by atoms with Gasteiger partial charge >= 0.3 is 5.91 Å². The van der Waals surface area contributed by atoms with E-state index in [9.17, 15) is 23.6 Å². The lowest BCUT2D eigenvalue weighted by Crippen LogP contribution is -2.48. The van der Waals surface area contributed by atoms with Crippen LogP contribution >= 0.6 is 23.2 Å². The Morgan fingerprint density at radius 1 is 1.14 bits per heavy atom. The SMILES string of the molecule is CNC(=O)CC1=C(C)[N+](O)(C(=O)c2ccc(Cl)c(Cl)c2)c2cc(F)cc(F)c21. The van der Waals surface area contributed by atoms with Gasteiger partial charge in [-0.25, -0.2) is 13.6 Å². The van der Waals surface area contributed by atoms with Gasteiger partial charge in [-0.05, 0) is 18.2 Å². The van der Waals surface area contributed by atoms with E-state index in [1.54, 1.807) is 0 Å². The first kappa shape index (κ1) is 20.4. The Morgan fingerprint density at radius 3 is 2.43 bits per heavy atom. The normalized spacial score (nSPS) is 18.2. The molecule has 0 spiro atoms. The molecule has 0 radical (unpaired) electrons. The minimum atomic E-state index is -1.51. The van der Waals surface area contributed by atoms with E-state index in [-0.39, 0.29) is 44.6 Å². The van der Waals surface area contributed by atoms with Crippen LogP contribution in [-0.2, 0) is 4.79 Å². The van der Waals surface area contributed by atoms with E-state index in [0.29, 0.717) is 6.07 Å². The monoisotopic (exact) mass is 427 g/mol. The Balaban J connectivity index is 2.25. The van der Waals surface area contributed by atoms with Crippen LogP contribution in [0.3, 0.4) is 0 Å². The van der Waals surface area contributed by atoms with Gasteiger partial charge in [-0.3, -0.25) is 4.79 Å². The smallest absolute Gasteiger partial charge is 0.359 e. The van der Waals surface area contributed by atoms with Crippen molar-refractivity contribution < 1.29 is 23.6 Å². The molecule has 0 saturated heterocycles. The molecule has 3 rings (SSSR count). The molecule has 1 unspecified atom stereocenters. The predicted octanol–water partition coefficient (Wildman–Crippen LogP) is 4.69. The fourth-order valence-electron chi connectivity index (χ4n) is 3.21. The van der Waals surface area contributed by atoms with Crippen molar-refractivity contribution in [2.45, 2.75) is 13.3 Å². The number of hydrogen-bond acceptors (Lipinski definition) is 3. The van der Waals surface area contributed by atoms with E-state index in [1.807, 2.05) is 0 Å².